The van der Waals surface area contributed by atoms with Crippen LogP contribution in [0.3, 0.4) is 0 Å². The van der Waals surface area contributed by atoms with Gasteiger partial charge >= 0.3 is 0 Å². The molecule has 1 heterocycles. The second-order valence-electron chi connectivity index (χ2n) is 7.09. The number of thioether (sulfide) groups is 1. The third kappa shape index (κ3) is 5.63. The highest BCUT2D eigenvalue weighted by molar-refractivity contribution is 7.99. The Bertz CT molecular complexity index is 999. The summed E-state index contributed by atoms with van der Waals surface area (Å²) in [6.45, 7) is 9.25. The molecule has 0 aliphatic heterocycles. The van der Waals surface area contributed by atoms with Gasteiger partial charge in [-0.25, -0.2) is 0 Å². The van der Waals surface area contributed by atoms with Gasteiger partial charge in [-0.3, -0.25) is 4.79 Å². The van der Waals surface area contributed by atoms with Crippen LogP contribution in [0.4, 0.5) is 5.69 Å². The molecule has 2 aromatic carbocycles. The van der Waals surface area contributed by atoms with Crippen molar-refractivity contribution in [3.63, 3.8) is 0 Å². The molecule has 0 spiro atoms. The maximum atomic E-state index is 12.3. The Morgan fingerprint density at radius 3 is 2.57 bits per heavy atom. The number of benzene rings is 2. The largest absolute Gasteiger partial charge is 0.485 e. The van der Waals surface area contributed by atoms with Crippen molar-refractivity contribution in [2.24, 2.45) is 0 Å². The Kier molecular flexibility index (Phi) is 7.52. The molecule has 1 N–H and O–H groups in total. The second kappa shape index (κ2) is 10.3. The SMILES string of the molecule is CCc1ccc(NC(=O)CSc2nnc(COc3cc(C)ccc3C)n2CC)cc1. The van der Waals surface area contributed by atoms with Crippen LogP contribution in [-0.2, 0) is 24.4 Å². The highest BCUT2D eigenvalue weighted by Crippen LogP contribution is 2.22. The summed E-state index contributed by atoms with van der Waals surface area (Å²) in [4.78, 5) is 12.3. The summed E-state index contributed by atoms with van der Waals surface area (Å²) in [6, 6.07) is 14.0. The van der Waals surface area contributed by atoms with E-state index >= 15 is 0 Å². The molecule has 0 aliphatic rings. The highest BCUT2D eigenvalue weighted by atomic mass is 32.2. The minimum atomic E-state index is -0.0666. The van der Waals surface area contributed by atoms with Crippen LogP contribution in [0, 0.1) is 13.8 Å². The van der Waals surface area contributed by atoms with E-state index < -0.39 is 0 Å². The molecule has 1 aromatic heterocycles. The third-order valence-corrected chi connectivity index (χ3v) is 5.76. The van der Waals surface area contributed by atoms with Crippen molar-refractivity contribution in [2.75, 3.05) is 11.1 Å². The van der Waals surface area contributed by atoms with Crippen LogP contribution in [-0.4, -0.2) is 26.4 Å². The Morgan fingerprint density at radius 1 is 1.10 bits per heavy atom. The van der Waals surface area contributed by atoms with E-state index in [1.54, 1.807) is 0 Å². The Hall–Kier alpha value is -2.80. The minimum Gasteiger partial charge on any atom is -0.485 e. The first kappa shape index (κ1) is 21.9. The summed E-state index contributed by atoms with van der Waals surface area (Å²) in [6.07, 6.45) is 0.978. The van der Waals surface area contributed by atoms with Crippen LogP contribution in [0.5, 0.6) is 5.75 Å². The van der Waals surface area contributed by atoms with Crippen LogP contribution in [0.15, 0.2) is 47.6 Å². The molecule has 0 radical (unpaired) electrons. The number of amides is 1. The lowest BCUT2D eigenvalue weighted by atomic mass is 10.1. The van der Waals surface area contributed by atoms with E-state index in [2.05, 4.69) is 28.5 Å². The van der Waals surface area contributed by atoms with Gasteiger partial charge in [-0.1, -0.05) is 43.0 Å². The van der Waals surface area contributed by atoms with Gasteiger partial charge in [0.05, 0.1) is 5.75 Å². The van der Waals surface area contributed by atoms with Crippen LogP contribution in [0.2, 0.25) is 0 Å². The van der Waals surface area contributed by atoms with Gasteiger partial charge in [0.15, 0.2) is 11.0 Å². The molecule has 0 saturated carbocycles. The molecular formula is C23H28N4O2S. The number of aryl methyl sites for hydroxylation is 3. The van der Waals surface area contributed by atoms with Crippen LogP contribution < -0.4 is 10.1 Å². The summed E-state index contributed by atoms with van der Waals surface area (Å²) in [5.41, 5.74) is 4.28. The van der Waals surface area contributed by atoms with E-state index in [0.29, 0.717) is 18.3 Å². The normalized spacial score (nSPS) is 10.8. The molecule has 0 aliphatic carbocycles. The van der Waals surface area contributed by atoms with Crippen molar-refractivity contribution < 1.29 is 9.53 Å². The number of rotatable bonds is 9. The van der Waals surface area contributed by atoms with Crippen molar-refractivity contribution in [1.82, 2.24) is 14.8 Å². The zero-order valence-corrected chi connectivity index (χ0v) is 18.8. The number of aromatic nitrogens is 3. The van der Waals surface area contributed by atoms with E-state index in [9.17, 15) is 4.79 Å². The average Bonchev–Trinajstić information content (AvgIpc) is 3.15. The van der Waals surface area contributed by atoms with Gasteiger partial charge in [-0.2, -0.15) is 0 Å². The van der Waals surface area contributed by atoms with Gasteiger partial charge in [0.2, 0.25) is 5.91 Å². The van der Waals surface area contributed by atoms with E-state index in [1.807, 2.05) is 61.7 Å². The highest BCUT2D eigenvalue weighted by Gasteiger charge is 2.14. The zero-order chi connectivity index (χ0) is 21.5. The van der Waals surface area contributed by atoms with Crippen molar-refractivity contribution >= 4 is 23.4 Å². The smallest absolute Gasteiger partial charge is 0.234 e. The van der Waals surface area contributed by atoms with Crippen LogP contribution >= 0.6 is 11.8 Å². The maximum Gasteiger partial charge on any atom is 0.234 e. The first-order chi connectivity index (χ1) is 14.5. The number of hydrogen-bond acceptors (Lipinski definition) is 5. The fourth-order valence-electron chi connectivity index (χ4n) is 3.01. The van der Waals surface area contributed by atoms with Crippen LogP contribution in [0.1, 0.15) is 36.4 Å². The molecule has 0 unspecified atom stereocenters. The predicted octanol–water partition coefficient (Wildman–Crippen LogP) is 4.79. The molecular weight excluding hydrogens is 396 g/mol. The standard InChI is InChI=1S/C23H28N4O2S/c1-5-18-9-11-19(12-10-18)24-22(28)15-30-23-26-25-21(27(23)6-2)14-29-20-13-16(3)7-8-17(20)4/h7-13H,5-6,14-15H2,1-4H3,(H,24,28). The molecule has 7 heteroatoms. The molecule has 1 amide bonds. The summed E-state index contributed by atoms with van der Waals surface area (Å²) in [7, 11) is 0. The van der Waals surface area contributed by atoms with Crippen molar-refractivity contribution in [3.05, 3.63) is 65.0 Å². The number of nitrogens with zero attached hydrogens (tertiary/aromatic N) is 3. The molecule has 0 bridgehead atoms. The predicted molar refractivity (Wildman–Crippen MR) is 121 cm³/mol. The number of carbonyl (C=O) groups is 1. The van der Waals surface area contributed by atoms with Crippen molar-refractivity contribution in [3.8, 4) is 5.75 Å². The second-order valence-corrected chi connectivity index (χ2v) is 8.03. The summed E-state index contributed by atoms with van der Waals surface area (Å²) in [5.74, 6) is 1.80. The third-order valence-electron chi connectivity index (χ3n) is 4.79. The molecule has 30 heavy (non-hydrogen) atoms. The average molecular weight is 425 g/mol. The van der Waals surface area contributed by atoms with E-state index in [0.717, 1.165) is 34.8 Å². The van der Waals surface area contributed by atoms with Crippen molar-refractivity contribution in [2.45, 2.75) is 52.4 Å². The Morgan fingerprint density at radius 2 is 1.87 bits per heavy atom. The Balaban J connectivity index is 1.58. The molecule has 6 nitrogen and oxygen atoms in total. The van der Waals surface area contributed by atoms with E-state index in [1.165, 1.54) is 17.3 Å². The van der Waals surface area contributed by atoms with Crippen LogP contribution in [0.25, 0.3) is 0 Å². The first-order valence-corrected chi connectivity index (χ1v) is 11.1. The number of ether oxygens (including phenoxy) is 1. The molecule has 0 atom stereocenters. The monoisotopic (exact) mass is 424 g/mol. The lowest BCUT2D eigenvalue weighted by Gasteiger charge is -2.11. The summed E-state index contributed by atoms with van der Waals surface area (Å²) < 4.78 is 7.96. The van der Waals surface area contributed by atoms with Gasteiger partial charge in [-0.05, 0) is 62.1 Å². The fraction of sp³-hybridized carbons (Fsp3) is 0.348. The van der Waals surface area contributed by atoms with Crippen molar-refractivity contribution in [1.29, 1.82) is 0 Å². The number of carbonyl (C=O) groups excluding carboxylic acids is 1. The zero-order valence-electron chi connectivity index (χ0n) is 17.9. The van der Waals surface area contributed by atoms with Gasteiger partial charge in [0, 0.05) is 12.2 Å². The summed E-state index contributed by atoms with van der Waals surface area (Å²) >= 11 is 1.38. The number of nitrogens with one attached hydrogen (secondary N) is 1. The fourth-order valence-corrected chi connectivity index (χ4v) is 3.83. The Labute approximate surface area is 182 Å². The maximum absolute atomic E-state index is 12.3. The van der Waals surface area contributed by atoms with Gasteiger partial charge < -0.3 is 14.6 Å². The van der Waals surface area contributed by atoms with Gasteiger partial charge in [0.1, 0.15) is 12.4 Å². The lowest BCUT2D eigenvalue weighted by Crippen LogP contribution is -2.15. The number of hydrogen-bond donors (Lipinski definition) is 1. The molecule has 0 fully saturated rings. The molecule has 3 rings (SSSR count). The number of anilines is 1. The topological polar surface area (TPSA) is 69.0 Å². The molecule has 3 aromatic rings. The van der Waals surface area contributed by atoms with Gasteiger partial charge in [-0.15, -0.1) is 10.2 Å². The molecule has 0 saturated heterocycles. The van der Waals surface area contributed by atoms with E-state index in [-0.39, 0.29) is 11.7 Å². The molecule has 158 valence electrons. The van der Waals surface area contributed by atoms with E-state index in [4.69, 9.17) is 4.74 Å². The quantitative estimate of drug-likeness (QED) is 0.500. The van der Waals surface area contributed by atoms with Gasteiger partial charge in [0.25, 0.3) is 0 Å². The lowest BCUT2D eigenvalue weighted by molar-refractivity contribution is -0.113. The minimum absolute atomic E-state index is 0.0666. The summed E-state index contributed by atoms with van der Waals surface area (Å²) in [5, 5.41) is 12.2. The first-order valence-electron chi connectivity index (χ1n) is 10.1.